The van der Waals surface area contributed by atoms with E-state index in [1.807, 2.05) is 13.8 Å². The molecule has 1 aliphatic rings. The monoisotopic (exact) mass is 306 g/mol. The maximum absolute atomic E-state index is 11.7. The zero-order chi connectivity index (χ0) is 15.3. The van der Waals surface area contributed by atoms with E-state index in [0.29, 0.717) is 19.4 Å². The van der Waals surface area contributed by atoms with Crippen LogP contribution in [0, 0.1) is 5.92 Å². The molecule has 1 saturated heterocycles. The molecule has 0 bridgehead atoms. The van der Waals surface area contributed by atoms with Gasteiger partial charge < -0.3 is 10.4 Å². The first-order valence-electron chi connectivity index (χ1n) is 6.72. The van der Waals surface area contributed by atoms with Gasteiger partial charge in [0, 0.05) is 19.5 Å². The van der Waals surface area contributed by atoms with Crippen LogP contribution in [0.25, 0.3) is 0 Å². The highest BCUT2D eigenvalue weighted by Crippen LogP contribution is 2.13. The van der Waals surface area contributed by atoms with Gasteiger partial charge in [-0.15, -0.1) is 0 Å². The molecule has 0 aromatic carbocycles. The number of sulfonamides is 1. The Morgan fingerprint density at radius 1 is 1.35 bits per heavy atom. The lowest BCUT2D eigenvalue weighted by molar-refractivity contribution is -0.142. The fourth-order valence-electron chi connectivity index (χ4n) is 2.13. The van der Waals surface area contributed by atoms with Crippen LogP contribution < -0.4 is 5.32 Å². The number of amides is 1. The van der Waals surface area contributed by atoms with Gasteiger partial charge in [0.1, 0.15) is 6.04 Å². The van der Waals surface area contributed by atoms with Crippen molar-refractivity contribution in [2.24, 2.45) is 5.92 Å². The van der Waals surface area contributed by atoms with Crippen LogP contribution in [0.1, 0.15) is 33.1 Å². The zero-order valence-electron chi connectivity index (χ0n) is 11.8. The zero-order valence-corrected chi connectivity index (χ0v) is 12.6. The molecule has 8 heteroatoms. The number of carbonyl (C=O) groups excluding carboxylic acids is 1. The van der Waals surface area contributed by atoms with Gasteiger partial charge in [-0.2, -0.15) is 0 Å². The fourth-order valence-corrected chi connectivity index (χ4v) is 3.66. The van der Waals surface area contributed by atoms with E-state index in [1.165, 1.54) is 4.31 Å². The highest BCUT2D eigenvalue weighted by Gasteiger charge is 2.28. The predicted molar refractivity (Wildman–Crippen MR) is 73.6 cm³/mol. The van der Waals surface area contributed by atoms with Gasteiger partial charge in [0.25, 0.3) is 0 Å². The third-order valence-electron chi connectivity index (χ3n) is 3.13. The molecular weight excluding hydrogens is 284 g/mol. The lowest BCUT2D eigenvalue weighted by Gasteiger charge is -2.18. The summed E-state index contributed by atoms with van der Waals surface area (Å²) < 4.78 is 24.4. The van der Waals surface area contributed by atoms with Gasteiger partial charge in [-0.05, 0) is 18.8 Å². The van der Waals surface area contributed by atoms with Crippen molar-refractivity contribution in [1.82, 2.24) is 9.62 Å². The van der Waals surface area contributed by atoms with Gasteiger partial charge in [0.05, 0.1) is 5.75 Å². The molecule has 0 aromatic rings. The van der Waals surface area contributed by atoms with Crippen LogP contribution in [0.2, 0.25) is 0 Å². The van der Waals surface area contributed by atoms with Crippen LogP contribution >= 0.6 is 0 Å². The van der Waals surface area contributed by atoms with Crippen LogP contribution in [0.5, 0.6) is 0 Å². The fraction of sp³-hybridized carbons (Fsp3) is 0.833. The first-order chi connectivity index (χ1) is 9.22. The van der Waals surface area contributed by atoms with Crippen molar-refractivity contribution >= 4 is 21.9 Å². The number of rotatable bonds is 7. The Balaban J connectivity index is 2.44. The highest BCUT2D eigenvalue weighted by atomic mass is 32.2. The van der Waals surface area contributed by atoms with Gasteiger partial charge >= 0.3 is 5.97 Å². The van der Waals surface area contributed by atoms with E-state index in [1.54, 1.807) is 0 Å². The van der Waals surface area contributed by atoms with Crippen LogP contribution in [0.15, 0.2) is 0 Å². The normalized spacial score (nSPS) is 19.9. The van der Waals surface area contributed by atoms with E-state index >= 15 is 0 Å². The van der Waals surface area contributed by atoms with Gasteiger partial charge in [0.15, 0.2) is 0 Å². The molecule has 1 heterocycles. The second kappa shape index (κ2) is 7.03. The molecule has 0 spiro atoms. The summed E-state index contributed by atoms with van der Waals surface area (Å²) in [6.07, 6.45) is 0.916. The molecule has 1 unspecified atom stereocenters. The Morgan fingerprint density at radius 3 is 2.45 bits per heavy atom. The summed E-state index contributed by atoms with van der Waals surface area (Å²) >= 11 is 0. The molecule has 116 valence electrons. The summed E-state index contributed by atoms with van der Waals surface area (Å²) in [5, 5.41) is 11.5. The molecule has 1 rings (SSSR count). The smallest absolute Gasteiger partial charge is 0.326 e. The van der Waals surface area contributed by atoms with Crippen molar-refractivity contribution in [2.75, 3.05) is 18.8 Å². The molecule has 20 heavy (non-hydrogen) atoms. The van der Waals surface area contributed by atoms with E-state index in [0.717, 1.165) is 0 Å². The molecular formula is C12H22N2O5S. The second-order valence-corrected chi connectivity index (χ2v) is 7.49. The van der Waals surface area contributed by atoms with E-state index in [2.05, 4.69) is 5.32 Å². The number of hydrogen-bond donors (Lipinski definition) is 2. The molecule has 2 N–H and O–H groups in total. The number of nitrogens with one attached hydrogen (secondary N) is 1. The van der Waals surface area contributed by atoms with Gasteiger partial charge in [-0.1, -0.05) is 13.8 Å². The Labute approximate surface area is 119 Å². The average Bonchev–Trinajstić information content (AvgIpc) is 2.64. The quantitative estimate of drug-likeness (QED) is 0.690. The van der Waals surface area contributed by atoms with Crippen molar-refractivity contribution < 1.29 is 23.1 Å². The molecule has 0 aromatic heterocycles. The average molecular weight is 306 g/mol. The number of carboxylic acid groups (broad SMARTS) is 1. The second-order valence-electron chi connectivity index (χ2n) is 5.41. The van der Waals surface area contributed by atoms with Crippen molar-refractivity contribution in [3.63, 3.8) is 0 Å². The van der Waals surface area contributed by atoms with E-state index < -0.39 is 27.9 Å². The minimum Gasteiger partial charge on any atom is -0.480 e. The summed E-state index contributed by atoms with van der Waals surface area (Å²) in [5.74, 6) is -1.23. The Bertz CT molecular complexity index is 460. The molecule has 0 radical (unpaired) electrons. The van der Waals surface area contributed by atoms with Crippen LogP contribution in [0.4, 0.5) is 0 Å². The Hall–Kier alpha value is -1.15. The van der Waals surface area contributed by atoms with Crippen LogP contribution in [0.3, 0.4) is 0 Å². The molecule has 1 atom stereocenters. The highest BCUT2D eigenvalue weighted by molar-refractivity contribution is 7.89. The van der Waals surface area contributed by atoms with Crippen LogP contribution in [-0.4, -0.2) is 54.6 Å². The predicted octanol–water partition coefficient (Wildman–Crippen LogP) is 0.0275. The van der Waals surface area contributed by atoms with Crippen molar-refractivity contribution in [3.05, 3.63) is 0 Å². The minimum atomic E-state index is -3.21. The maximum atomic E-state index is 11.7. The summed E-state index contributed by atoms with van der Waals surface area (Å²) in [6, 6.07) is -0.919. The molecule has 1 aliphatic heterocycles. The first kappa shape index (κ1) is 16.9. The van der Waals surface area contributed by atoms with Crippen molar-refractivity contribution in [2.45, 2.75) is 39.2 Å². The number of carbonyl (C=O) groups is 2. The van der Waals surface area contributed by atoms with Gasteiger partial charge in [0.2, 0.25) is 15.9 Å². The first-order valence-corrected chi connectivity index (χ1v) is 8.33. The number of aliphatic carboxylic acids is 1. The SMILES string of the molecule is CC(C)CC(NC(=O)CCN1CCCS1(=O)=O)C(=O)O. The number of nitrogens with zero attached hydrogens (tertiary/aromatic N) is 1. The molecule has 1 fully saturated rings. The molecule has 7 nitrogen and oxygen atoms in total. The molecule has 0 aliphatic carbocycles. The number of carboxylic acids is 1. The van der Waals surface area contributed by atoms with Crippen LogP contribution in [-0.2, 0) is 19.6 Å². The topological polar surface area (TPSA) is 104 Å². The largest absolute Gasteiger partial charge is 0.480 e. The summed E-state index contributed by atoms with van der Waals surface area (Å²) in [7, 11) is -3.21. The lowest BCUT2D eigenvalue weighted by atomic mass is 10.0. The van der Waals surface area contributed by atoms with Crippen molar-refractivity contribution in [1.29, 1.82) is 0 Å². The molecule has 1 amide bonds. The maximum Gasteiger partial charge on any atom is 0.326 e. The lowest BCUT2D eigenvalue weighted by Crippen LogP contribution is -2.42. The third-order valence-corrected chi connectivity index (χ3v) is 5.09. The van der Waals surface area contributed by atoms with Crippen molar-refractivity contribution in [3.8, 4) is 0 Å². The summed E-state index contributed by atoms with van der Waals surface area (Å²) in [4.78, 5) is 22.7. The van der Waals surface area contributed by atoms with Gasteiger partial charge in [-0.25, -0.2) is 17.5 Å². The Kier molecular flexibility index (Phi) is 5.94. The summed E-state index contributed by atoms with van der Waals surface area (Å²) in [6.45, 7) is 4.30. The standard InChI is InChI=1S/C12H22N2O5S/c1-9(2)8-10(12(16)17)13-11(15)4-6-14-5-3-7-20(14,18)19/h9-10H,3-8H2,1-2H3,(H,13,15)(H,16,17). The van der Waals surface area contributed by atoms with E-state index in [9.17, 15) is 18.0 Å². The van der Waals surface area contributed by atoms with Gasteiger partial charge in [-0.3, -0.25) is 4.79 Å². The number of hydrogen-bond acceptors (Lipinski definition) is 4. The summed E-state index contributed by atoms with van der Waals surface area (Å²) in [5.41, 5.74) is 0. The van der Waals surface area contributed by atoms with E-state index in [4.69, 9.17) is 5.11 Å². The molecule has 0 saturated carbocycles. The van der Waals surface area contributed by atoms with E-state index in [-0.39, 0.29) is 24.6 Å². The minimum absolute atomic E-state index is 0.0128. The third kappa shape index (κ3) is 5.09. The Morgan fingerprint density at radius 2 is 2.00 bits per heavy atom.